The Bertz CT molecular complexity index is 419. The first kappa shape index (κ1) is 18.9. The van der Waals surface area contributed by atoms with Crippen LogP contribution in [0.25, 0.3) is 0 Å². The minimum Gasteiger partial charge on any atom is -0.461 e. The third-order valence-corrected chi connectivity index (χ3v) is 2.31. The fraction of sp³-hybridized carbons (Fsp3) is 0.615. The molecule has 2 N–H and O–H groups in total. The Hall–Kier alpha value is -2.09. The number of hydrogen-bond acceptors (Lipinski definition) is 7. The number of esters is 1. The van der Waals surface area contributed by atoms with Crippen LogP contribution in [-0.2, 0) is 28.7 Å². The molecule has 0 saturated carbocycles. The van der Waals surface area contributed by atoms with Crippen LogP contribution >= 0.6 is 0 Å². The van der Waals surface area contributed by atoms with Crippen molar-refractivity contribution in [3.05, 3.63) is 0 Å². The van der Waals surface area contributed by atoms with Crippen LogP contribution in [0.2, 0.25) is 0 Å². The standard InChI is InChI=1S/C13H20N2O6/c1-8(2)21-13(19)10(5-4-9(16)6-14)15-12(18)11(17)7-20-3/h6,8,10,14H,4-5,7H2,1-3H3,(H,15,18)/t10-/m0/s1. The van der Waals surface area contributed by atoms with E-state index in [1.54, 1.807) is 13.8 Å². The van der Waals surface area contributed by atoms with Gasteiger partial charge in [0.15, 0.2) is 5.78 Å². The highest BCUT2D eigenvalue weighted by molar-refractivity contribution is 6.37. The van der Waals surface area contributed by atoms with Gasteiger partial charge in [0.1, 0.15) is 12.6 Å². The van der Waals surface area contributed by atoms with Gasteiger partial charge in [0, 0.05) is 13.5 Å². The maximum absolute atomic E-state index is 11.8. The molecule has 0 aliphatic rings. The Balaban J connectivity index is 4.74. The highest BCUT2D eigenvalue weighted by Gasteiger charge is 2.26. The Labute approximate surface area is 122 Å². The van der Waals surface area contributed by atoms with Gasteiger partial charge in [-0.05, 0) is 20.3 Å². The first-order chi connectivity index (χ1) is 9.81. The maximum Gasteiger partial charge on any atom is 0.328 e. The molecule has 0 unspecified atom stereocenters. The van der Waals surface area contributed by atoms with Crippen LogP contribution in [-0.4, -0.2) is 55.5 Å². The van der Waals surface area contributed by atoms with Gasteiger partial charge in [0.05, 0.1) is 12.3 Å². The maximum atomic E-state index is 11.8. The lowest BCUT2D eigenvalue weighted by Crippen LogP contribution is -2.46. The minimum absolute atomic E-state index is 0.0498. The predicted molar refractivity (Wildman–Crippen MR) is 73.1 cm³/mol. The van der Waals surface area contributed by atoms with Crippen molar-refractivity contribution >= 4 is 29.7 Å². The Morgan fingerprint density at radius 3 is 2.33 bits per heavy atom. The van der Waals surface area contributed by atoms with E-state index in [9.17, 15) is 19.2 Å². The molecular weight excluding hydrogens is 280 g/mol. The average molecular weight is 300 g/mol. The average Bonchev–Trinajstić information content (AvgIpc) is 2.41. The second kappa shape index (κ2) is 9.76. The minimum atomic E-state index is -1.12. The number of amides is 1. The molecule has 0 spiro atoms. The fourth-order valence-corrected chi connectivity index (χ4v) is 1.36. The zero-order chi connectivity index (χ0) is 16.4. The molecule has 8 heteroatoms. The van der Waals surface area contributed by atoms with Gasteiger partial charge in [-0.15, -0.1) is 0 Å². The summed E-state index contributed by atoms with van der Waals surface area (Å²) < 4.78 is 9.49. The molecule has 0 rings (SSSR count). The summed E-state index contributed by atoms with van der Waals surface area (Å²) in [5, 5.41) is 9.01. The van der Waals surface area contributed by atoms with Gasteiger partial charge in [-0.25, -0.2) is 4.79 Å². The van der Waals surface area contributed by atoms with Gasteiger partial charge in [-0.2, -0.15) is 0 Å². The van der Waals surface area contributed by atoms with E-state index in [0.717, 1.165) is 0 Å². The van der Waals surface area contributed by atoms with E-state index in [1.165, 1.54) is 7.11 Å². The van der Waals surface area contributed by atoms with Crippen LogP contribution in [0.4, 0.5) is 0 Å². The van der Waals surface area contributed by atoms with E-state index < -0.39 is 42.2 Å². The number of carbonyl (C=O) groups is 4. The summed E-state index contributed by atoms with van der Waals surface area (Å²) in [6.45, 7) is 2.86. The van der Waals surface area contributed by atoms with Gasteiger partial charge < -0.3 is 20.2 Å². The first-order valence-corrected chi connectivity index (χ1v) is 6.38. The van der Waals surface area contributed by atoms with Crippen molar-refractivity contribution in [1.82, 2.24) is 5.32 Å². The summed E-state index contributed by atoms with van der Waals surface area (Å²) in [5.74, 6) is -3.04. The van der Waals surface area contributed by atoms with Crippen LogP contribution in [0.5, 0.6) is 0 Å². The fourth-order valence-electron chi connectivity index (χ4n) is 1.36. The number of Topliss-reactive ketones (excluding diaryl/α,β-unsaturated/α-hetero) is 2. The van der Waals surface area contributed by atoms with Crippen molar-refractivity contribution in [1.29, 1.82) is 5.41 Å². The van der Waals surface area contributed by atoms with Gasteiger partial charge >= 0.3 is 5.97 Å². The molecule has 8 nitrogen and oxygen atoms in total. The first-order valence-electron chi connectivity index (χ1n) is 6.38. The quantitative estimate of drug-likeness (QED) is 0.322. The van der Waals surface area contributed by atoms with Gasteiger partial charge in [0.25, 0.3) is 5.91 Å². The van der Waals surface area contributed by atoms with Crippen molar-refractivity contribution in [2.75, 3.05) is 13.7 Å². The summed E-state index contributed by atoms with van der Waals surface area (Å²) in [5.41, 5.74) is 0. The zero-order valence-corrected chi connectivity index (χ0v) is 12.3. The van der Waals surface area contributed by atoms with E-state index in [-0.39, 0.29) is 12.8 Å². The van der Waals surface area contributed by atoms with Crippen molar-refractivity contribution < 1.29 is 28.7 Å². The number of hydrogen-bond donors (Lipinski definition) is 2. The second-order valence-electron chi connectivity index (χ2n) is 4.52. The molecule has 0 aliphatic carbocycles. The van der Waals surface area contributed by atoms with Crippen LogP contribution in [0.1, 0.15) is 26.7 Å². The Morgan fingerprint density at radius 2 is 1.86 bits per heavy atom. The lowest BCUT2D eigenvalue weighted by Gasteiger charge is -2.18. The second-order valence-corrected chi connectivity index (χ2v) is 4.52. The summed E-state index contributed by atoms with van der Waals surface area (Å²) in [7, 11) is 1.26. The summed E-state index contributed by atoms with van der Waals surface area (Å²) in [4.78, 5) is 45.8. The molecule has 0 aliphatic heterocycles. The molecule has 0 radical (unpaired) electrons. The lowest BCUT2D eigenvalue weighted by molar-refractivity contribution is -0.152. The summed E-state index contributed by atoms with van der Waals surface area (Å²) >= 11 is 0. The molecule has 0 heterocycles. The lowest BCUT2D eigenvalue weighted by atomic mass is 10.1. The normalized spacial score (nSPS) is 11.6. The van der Waals surface area contributed by atoms with E-state index in [1.807, 2.05) is 0 Å². The molecule has 1 atom stereocenters. The third kappa shape index (κ3) is 7.93. The molecule has 0 fully saturated rings. The highest BCUT2D eigenvalue weighted by Crippen LogP contribution is 2.03. The Morgan fingerprint density at radius 1 is 1.24 bits per heavy atom. The summed E-state index contributed by atoms with van der Waals surface area (Å²) in [6.07, 6.45) is 0.0687. The number of rotatable bonds is 10. The molecule has 0 bridgehead atoms. The number of methoxy groups -OCH3 is 1. The molecule has 0 saturated heterocycles. The van der Waals surface area contributed by atoms with Gasteiger partial charge in [-0.3, -0.25) is 14.4 Å². The van der Waals surface area contributed by atoms with Crippen molar-refractivity contribution in [3.63, 3.8) is 0 Å². The summed E-state index contributed by atoms with van der Waals surface area (Å²) in [6, 6.07) is -1.12. The van der Waals surface area contributed by atoms with Crippen LogP contribution in [0.15, 0.2) is 0 Å². The molecule has 0 aromatic carbocycles. The molecular formula is C13H20N2O6. The van der Waals surface area contributed by atoms with Crippen LogP contribution < -0.4 is 5.32 Å². The molecule has 118 valence electrons. The third-order valence-electron chi connectivity index (χ3n) is 2.31. The van der Waals surface area contributed by atoms with Gasteiger partial charge in [0.2, 0.25) is 5.78 Å². The monoisotopic (exact) mass is 300 g/mol. The van der Waals surface area contributed by atoms with Crippen LogP contribution in [0.3, 0.4) is 0 Å². The molecule has 0 aromatic rings. The van der Waals surface area contributed by atoms with E-state index in [0.29, 0.717) is 6.21 Å². The van der Waals surface area contributed by atoms with Crippen molar-refractivity contribution in [3.8, 4) is 0 Å². The number of nitrogens with one attached hydrogen (secondary N) is 2. The van der Waals surface area contributed by atoms with Crippen molar-refractivity contribution in [2.24, 2.45) is 0 Å². The highest BCUT2D eigenvalue weighted by atomic mass is 16.5. The van der Waals surface area contributed by atoms with Crippen molar-refractivity contribution in [2.45, 2.75) is 38.8 Å². The molecule has 1 amide bonds. The largest absolute Gasteiger partial charge is 0.461 e. The van der Waals surface area contributed by atoms with E-state index in [2.05, 4.69) is 10.1 Å². The predicted octanol–water partition coefficient (Wildman–Crippen LogP) is -0.363. The van der Waals surface area contributed by atoms with E-state index in [4.69, 9.17) is 10.1 Å². The molecule has 21 heavy (non-hydrogen) atoms. The SMILES string of the molecule is COCC(=O)C(=O)N[C@@H](CCC(=O)C=N)C(=O)OC(C)C. The molecule has 0 aromatic heterocycles. The zero-order valence-electron chi connectivity index (χ0n) is 12.3. The number of ketones is 2. The smallest absolute Gasteiger partial charge is 0.328 e. The van der Waals surface area contributed by atoms with Crippen LogP contribution in [0, 0.1) is 5.41 Å². The number of ether oxygens (including phenoxy) is 2. The van der Waals surface area contributed by atoms with E-state index >= 15 is 0 Å². The van der Waals surface area contributed by atoms with Gasteiger partial charge in [-0.1, -0.05) is 0 Å². The Kier molecular flexibility index (Phi) is 8.79. The number of carbonyl (C=O) groups excluding carboxylic acids is 4. The topological polar surface area (TPSA) is 123 Å².